The van der Waals surface area contributed by atoms with Gasteiger partial charge in [0.2, 0.25) is 0 Å². The van der Waals surface area contributed by atoms with E-state index in [9.17, 15) is 0 Å². The van der Waals surface area contributed by atoms with Crippen molar-refractivity contribution in [3.63, 3.8) is 0 Å². The molecule has 3 N–H and O–H groups in total. The maximum atomic E-state index is 7.44. The Labute approximate surface area is 101 Å². The van der Waals surface area contributed by atoms with Crippen LogP contribution in [0.2, 0.25) is 0 Å². The molecular formula is C9H9N5S2. The Morgan fingerprint density at radius 1 is 1.56 bits per heavy atom. The molecule has 5 nitrogen and oxygen atoms in total. The van der Waals surface area contributed by atoms with Gasteiger partial charge in [0, 0.05) is 11.8 Å². The first-order chi connectivity index (χ1) is 7.66. The molecule has 0 aromatic carbocycles. The largest absolute Gasteiger partial charge is 0.384 e. The summed E-state index contributed by atoms with van der Waals surface area (Å²) in [6.07, 6.45) is 1.67. The van der Waals surface area contributed by atoms with Crippen LogP contribution < -0.4 is 5.73 Å². The smallest absolute Gasteiger partial charge is 0.176 e. The number of nitrogens with two attached hydrogens (primary N) is 1. The number of hydrogen-bond acceptors (Lipinski definition) is 6. The molecule has 0 saturated carbocycles. The second kappa shape index (κ2) is 4.58. The molecule has 0 unspecified atom stereocenters. The van der Waals surface area contributed by atoms with Gasteiger partial charge in [-0.15, -0.1) is 0 Å². The van der Waals surface area contributed by atoms with Crippen LogP contribution in [-0.4, -0.2) is 20.2 Å². The van der Waals surface area contributed by atoms with E-state index in [0.717, 1.165) is 10.2 Å². The van der Waals surface area contributed by atoms with Crippen LogP contribution >= 0.6 is 23.3 Å². The fourth-order valence-electron chi connectivity index (χ4n) is 1.08. The number of amidine groups is 1. The first-order valence-electron chi connectivity index (χ1n) is 4.44. The maximum absolute atomic E-state index is 7.44. The van der Waals surface area contributed by atoms with Crippen molar-refractivity contribution in [3.8, 4) is 0 Å². The quantitative estimate of drug-likeness (QED) is 0.640. The zero-order valence-electron chi connectivity index (χ0n) is 8.47. The molecule has 0 amide bonds. The van der Waals surface area contributed by atoms with Crippen molar-refractivity contribution in [2.75, 3.05) is 0 Å². The summed E-state index contributed by atoms with van der Waals surface area (Å²) in [7, 11) is 0. The number of nitrogens with one attached hydrogen (secondary N) is 1. The Bertz CT molecular complexity index is 522. The van der Waals surface area contributed by atoms with Crippen LogP contribution in [-0.2, 0) is 0 Å². The molecule has 82 valence electrons. The molecule has 0 aliphatic rings. The summed E-state index contributed by atoms with van der Waals surface area (Å²) in [5, 5.41) is 8.13. The van der Waals surface area contributed by atoms with Crippen molar-refractivity contribution < 1.29 is 0 Å². The van der Waals surface area contributed by atoms with Gasteiger partial charge in [0.25, 0.3) is 0 Å². The summed E-state index contributed by atoms with van der Waals surface area (Å²) in [6.45, 7) is 1.84. The van der Waals surface area contributed by atoms with Gasteiger partial charge in [0.05, 0.1) is 0 Å². The first-order valence-corrected chi connectivity index (χ1v) is 6.03. The van der Waals surface area contributed by atoms with E-state index in [1.807, 2.05) is 6.92 Å². The number of nitrogen functional groups attached to an aromatic ring is 1. The fourth-order valence-corrected chi connectivity index (χ4v) is 2.75. The van der Waals surface area contributed by atoms with Gasteiger partial charge in [-0.25, -0.2) is 9.97 Å². The third-order valence-corrected chi connectivity index (χ3v) is 3.62. The van der Waals surface area contributed by atoms with Gasteiger partial charge in [0.15, 0.2) is 4.34 Å². The third-order valence-electron chi connectivity index (χ3n) is 1.75. The van der Waals surface area contributed by atoms with Crippen LogP contribution in [0.1, 0.15) is 11.4 Å². The lowest BCUT2D eigenvalue weighted by molar-refractivity contribution is 1.08. The standard InChI is InChI=1S/C9H9N5S2/c1-5-13-9(16-14-5)15-8-6(7(10)11)3-2-4-12-8/h2-4H,1H3,(H3,10,11). The van der Waals surface area contributed by atoms with E-state index in [1.54, 1.807) is 18.3 Å². The average molecular weight is 251 g/mol. The molecule has 0 saturated heterocycles. The van der Waals surface area contributed by atoms with Crippen LogP contribution in [0.15, 0.2) is 27.7 Å². The van der Waals surface area contributed by atoms with Crippen LogP contribution in [0.25, 0.3) is 0 Å². The molecule has 2 rings (SSSR count). The minimum absolute atomic E-state index is 0.0110. The van der Waals surface area contributed by atoms with Crippen LogP contribution in [0.3, 0.4) is 0 Å². The lowest BCUT2D eigenvalue weighted by Crippen LogP contribution is -2.12. The van der Waals surface area contributed by atoms with E-state index in [4.69, 9.17) is 11.1 Å². The Balaban J connectivity index is 2.31. The van der Waals surface area contributed by atoms with E-state index in [1.165, 1.54) is 23.3 Å². The first kappa shape index (κ1) is 11.0. The topological polar surface area (TPSA) is 88.5 Å². The molecule has 2 heterocycles. The normalized spacial score (nSPS) is 10.3. The van der Waals surface area contributed by atoms with E-state index >= 15 is 0 Å². The SMILES string of the molecule is Cc1nsc(Sc2ncccc2C(=N)N)n1. The highest BCUT2D eigenvalue weighted by atomic mass is 32.2. The minimum atomic E-state index is 0.0110. The Kier molecular flexibility index (Phi) is 3.16. The van der Waals surface area contributed by atoms with E-state index in [2.05, 4.69) is 14.3 Å². The van der Waals surface area contributed by atoms with E-state index < -0.39 is 0 Å². The summed E-state index contributed by atoms with van der Waals surface area (Å²) in [4.78, 5) is 8.41. The van der Waals surface area contributed by atoms with Crippen LogP contribution in [0.4, 0.5) is 0 Å². The van der Waals surface area contributed by atoms with Crippen molar-refractivity contribution in [3.05, 3.63) is 29.7 Å². The van der Waals surface area contributed by atoms with E-state index in [-0.39, 0.29) is 5.84 Å². The number of aromatic nitrogens is 3. The molecule has 0 radical (unpaired) electrons. The monoisotopic (exact) mass is 251 g/mol. The lowest BCUT2D eigenvalue weighted by atomic mass is 10.3. The fraction of sp³-hybridized carbons (Fsp3) is 0.111. The highest BCUT2D eigenvalue weighted by Crippen LogP contribution is 2.29. The molecule has 0 atom stereocenters. The molecule has 0 bridgehead atoms. The molecule has 0 spiro atoms. The summed E-state index contributed by atoms with van der Waals surface area (Å²) in [6, 6.07) is 3.53. The molecule has 2 aromatic heterocycles. The molecule has 2 aromatic rings. The van der Waals surface area contributed by atoms with Gasteiger partial charge in [0.1, 0.15) is 16.7 Å². The number of hydrogen-bond donors (Lipinski definition) is 2. The summed E-state index contributed by atoms with van der Waals surface area (Å²) < 4.78 is 4.89. The zero-order valence-corrected chi connectivity index (χ0v) is 10.1. The highest BCUT2D eigenvalue weighted by molar-refractivity contribution is 8.01. The number of pyridine rings is 1. The molecular weight excluding hydrogens is 242 g/mol. The Morgan fingerprint density at radius 3 is 3.00 bits per heavy atom. The van der Waals surface area contributed by atoms with Gasteiger partial charge < -0.3 is 5.73 Å². The number of aryl methyl sites for hydroxylation is 1. The molecule has 7 heteroatoms. The molecule has 0 aliphatic heterocycles. The van der Waals surface area contributed by atoms with Crippen molar-refractivity contribution in [1.29, 1.82) is 5.41 Å². The second-order valence-electron chi connectivity index (χ2n) is 2.98. The van der Waals surface area contributed by atoms with Gasteiger partial charge in [-0.1, -0.05) is 0 Å². The zero-order chi connectivity index (χ0) is 11.5. The predicted octanol–water partition coefficient (Wildman–Crippen LogP) is 1.68. The van der Waals surface area contributed by atoms with Crippen LogP contribution in [0, 0.1) is 12.3 Å². The highest BCUT2D eigenvalue weighted by Gasteiger charge is 2.10. The maximum Gasteiger partial charge on any atom is 0.176 e. The van der Waals surface area contributed by atoms with Crippen LogP contribution in [0.5, 0.6) is 0 Å². The molecule has 16 heavy (non-hydrogen) atoms. The molecule has 0 fully saturated rings. The van der Waals surface area contributed by atoms with Gasteiger partial charge in [-0.05, 0) is 42.4 Å². The second-order valence-corrected chi connectivity index (χ2v) is 4.97. The summed E-state index contributed by atoms with van der Waals surface area (Å²) >= 11 is 2.69. The Morgan fingerprint density at radius 2 is 2.38 bits per heavy atom. The summed E-state index contributed by atoms with van der Waals surface area (Å²) in [5.74, 6) is 0.754. The van der Waals surface area contributed by atoms with Crippen molar-refractivity contribution in [1.82, 2.24) is 14.3 Å². The van der Waals surface area contributed by atoms with Crippen molar-refractivity contribution in [2.45, 2.75) is 16.3 Å². The summed E-state index contributed by atoms with van der Waals surface area (Å²) in [5.41, 5.74) is 6.10. The predicted molar refractivity (Wildman–Crippen MR) is 64.0 cm³/mol. The molecule has 0 aliphatic carbocycles. The lowest BCUT2D eigenvalue weighted by Gasteiger charge is -2.03. The number of rotatable bonds is 3. The van der Waals surface area contributed by atoms with Crippen molar-refractivity contribution in [2.24, 2.45) is 5.73 Å². The third kappa shape index (κ3) is 2.37. The van der Waals surface area contributed by atoms with Gasteiger partial charge >= 0.3 is 0 Å². The van der Waals surface area contributed by atoms with Gasteiger partial charge in [-0.3, -0.25) is 5.41 Å². The van der Waals surface area contributed by atoms with E-state index in [0.29, 0.717) is 10.6 Å². The van der Waals surface area contributed by atoms with Gasteiger partial charge in [-0.2, -0.15) is 4.37 Å². The average Bonchev–Trinajstić information content (AvgIpc) is 2.64. The Hall–Kier alpha value is -1.47. The minimum Gasteiger partial charge on any atom is -0.384 e. The number of nitrogens with zero attached hydrogens (tertiary/aromatic N) is 3. The van der Waals surface area contributed by atoms with Crippen molar-refractivity contribution >= 4 is 29.1 Å².